The van der Waals surface area contributed by atoms with Crippen molar-refractivity contribution in [2.75, 3.05) is 12.4 Å². The van der Waals surface area contributed by atoms with Gasteiger partial charge in [0.1, 0.15) is 0 Å². The lowest BCUT2D eigenvalue weighted by atomic mass is 9.97. The summed E-state index contributed by atoms with van der Waals surface area (Å²) in [7, 11) is 1.91. The molecule has 0 unspecified atom stereocenters. The number of rotatable bonds is 4. The Kier molecular flexibility index (Phi) is 3.47. The van der Waals surface area contributed by atoms with Gasteiger partial charge in [-0.25, -0.2) is 0 Å². The first-order chi connectivity index (χ1) is 8.20. The smallest absolute Gasteiger partial charge is 0.0724 e. The Morgan fingerprint density at radius 2 is 2.06 bits per heavy atom. The van der Waals surface area contributed by atoms with E-state index in [1.165, 1.54) is 11.1 Å². The second kappa shape index (κ2) is 5.04. The molecule has 3 nitrogen and oxygen atoms in total. The van der Waals surface area contributed by atoms with E-state index >= 15 is 0 Å². The average molecular weight is 229 g/mol. The van der Waals surface area contributed by atoms with Crippen LogP contribution in [0.4, 0.5) is 5.69 Å². The third-order valence-electron chi connectivity index (χ3n) is 2.93. The maximum absolute atomic E-state index is 4.34. The van der Waals surface area contributed by atoms with Gasteiger partial charge in [-0.1, -0.05) is 38.1 Å². The summed E-state index contributed by atoms with van der Waals surface area (Å²) in [4.78, 5) is 0. The van der Waals surface area contributed by atoms with Crippen molar-refractivity contribution in [2.24, 2.45) is 0 Å². The van der Waals surface area contributed by atoms with Crippen LogP contribution in [0, 0.1) is 0 Å². The molecule has 0 spiro atoms. The van der Waals surface area contributed by atoms with Crippen molar-refractivity contribution in [1.82, 2.24) is 9.78 Å². The van der Waals surface area contributed by atoms with Gasteiger partial charge >= 0.3 is 0 Å². The van der Waals surface area contributed by atoms with Crippen molar-refractivity contribution in [3.05, 3.63) is 47.8 Å². The van der Waals surface area contributed by atoms with Gasteiger partial charge < -0.3 is 5.32 Å². The van der Waals surface area contributed by atoms with E-state index in [2.05, 4.69) is 48.5 Å². The summed E-state index contributed by atoms with van der Waals surface area (Å²) in [5.74, 6) is 0.547. The fraction of sp³-hybridized carbons (Fsp3) is 0.357. The highest BCUT2D eigenvalue weighted by molar-refractivity contribution is 5.37. The molecule has 0 aliphatic carbocycles. The van der Waals surface area contributed by atoms with Gasteiger partial charge in [-0.2, -0.15) is 5.10 Å². The predicted molar refractivity (Wildman–Crippen MR) is 71.4 cm³/mol. The van der Waals surface area contributed by atoms with Gasteiger partial charge in [0, 0.05) is 13.2 Å². The van der Waals surface area contributed by atoms with Crippen LogP contribution in [0.25, 0.3) is 0 Å². The van der Waals surface area contributed by atoms with Crippen molar-refractivity contribution in [3.8, 4) is 0 Å². The fourth-order valence-electron chi connectivity index (χ4n) is 2.00. The van der Waals surface area contributed by atoms with Gasteiger partial charge in [0.05, 0.1) is 18.4 Å². The van der Waals surface area contributed by atoms with Gasteiger partial charge in [0.2, 0.25) is 0 Å². The summed E-state index contributed by atoms with van der Waals surface area (Å²) in [6, 6.07) is 8.56. The molecule has 1 aromatic carbocycles. The molecular weight excluding hydrogens is 210 g/mol. The second-order valence-electron chi connectivity index (χ2n) is 4.53. The molecule has 2 aromatic rings. The van der Waals surface area contributed by atoms with E-state index in [1.54, 1.807) is 0 Å². The number of hydrogen-bond acceptors (Lipinski definition) is 2. The lowest BCUT2D eigenvalue weighted by Gasteiger charge is -2.12. The summed E-state index contributed by atoms with van der Waals surface area (Å²) in [6.07, 6.45) is 3.87. The molecule has 0 radical (unpaired) electrons. The monoisotopic (exact) mass is 229 g/mol. The number of nitrogens with zero attached hydrogens (tertiary/aromatic N) is 2. The van der Waals surface area contributed by atoms with Crippen LogP contribution in [-0.2, 0) is 6.54 Å². The molecule has 1 N–H and O–H groups in total. The van der Waals surface area contributed by atoms with Crippen LogP contribution in [0.15, 0.2) is 36.7 Å². The topological polar surface area (TPSA) is 29.9 Å². The molecule has 17 heavy (non-hydrogen) atoms. The third kappa shape index (κ3) is 2.67. The molecule has 0 amide bonds. The van der Waals surface area contributed by atoms with Crippen LogP contribution in [-0.4, -0.2) is 16.8 Å². The van der Waals surface area contributed by atoms with Crippen molar-refractivity contribution in [3.63, 3.8) is 0 Å². The Morgan fingerprint density at radius 3 is 2.71 bits per heavy atom. The molecule has 3 heteroatoms. The molecule has 0 aliphatic rings. The second-order valence-corrected chi connectivity index (χ2v) is 4.53. The zero-order valence-corrected chi connectivity index (χ0v) is 10.6. The first-order valence-corrected chi connectivity index (χ1v) is 5.98. The Labute approximate surface area is 102 Å². The number of nitrogens with one attached hydrogen (secondary N) is 1. The average Bonchev–Trinajstić information content (AvgIpc) is 2.77. The molecule has 90 valence electrons. The van der Waals surface area contributed by atoms with Crippen LogP contribution >= 0.6 is 0 Å². The number of benzene rings is 1. The molecule has 1 aromatic heterocycles. The van der Waals surface area contributed by atoms with Gasteiger partial charge in [-0.15, -0.1) is 0 Å². The summed E-state index contributed by atoms with van der Waals surface area (Å²) in [6.45, 7) is 5.28. The van der Waals surface area contributed by atoms with Crippen LogP contribution in [0.1, 0.15) is 30.9 Å². The lowest BCUT2D eigenvalue weighted by molar-refractivity contribution is 0.675. The van der Waals surface area contributed by atoms with Crippen LogP contribution in [0.3, 0.4) is 0 Å². The van der Waals surface area contributed by atoms with Crippen molar-refractivity contribution < 1.29 is 0 Å². The highest BCUT2D eigenvalue weighted by atomic mass is 15.3. The van der Waals surface area contributed by atoms with E-state index in [0.717, 1.165) is 12.2 Å². The van der Waals surface area contributed by atoms with E-state index in [-0.39, 0.29) is 0 Å². The SMILES string of the molecule is CNc1cnn(Cc2ccccc2C(C)C)c1. The van der Waals surface area contributed by atoms with Crippen molar-refractivity contribution >= 4 is 5.69 Å². The standard InChI is InChI=1S/C14H19N3/c1-11(2)14-7-5-4-6-12(14)9-17-10-13(15-3)8-16-17/h4-8,10-11,15H,9H2,1-3H3. The third-order valence-corrected chi connectivity index (χ3v) is 2.93. The maximum atomic E-state index is 4.34. The van der Waals surface area contributed by atoms with E-state index in [9.17, 15) is 0 Å². The molecule has 0 aliphatic heterocycles. The first kappa shape index (κ1) is 11.7. The molecule has 0 atom stereocenters. The quantitative estimate of drug-likeness (QED) is 0.873. The lowest BCUT2D eigenvalue weighted by Crippen LogP contribution is -2.04. The zero-order valence-electron chi connectivity index (χ0n) is 10.6. The molecular formula is C14H19N3. The minimum Gasteiger partial charge on any atom is -0.386 e. The van der Waals surface area contributed by atoms with E-state index in [4.69, 9.17) is 0 Å². The molecule has 0 fully saturated rings. The van der Waals surface area contributed by atoms with Gasteiger partial charge in [-0.05, 0) is 17.0 Å². The predicted octanol–water partition coefficient (Wildman–Crippen LogP) is 3.10. The maximum Gasteiger partial charge on any atom is 0.0724 e. The fourth-order valence-corrected chi connectivity index (χ4v) is 2.00. The number of anilines is 1. The summed E-state index contributed by atoms with van der Waals surface area (Å²) in [5, 5.41) is 7.42. The Hall–Kier alpha value is -1.77. The van der Waals surface area contributed by atoms with E-state index in [1.807, 2.05) is 24.1 Å². The minimum atomic E-state index is 0.547. The molecule has 0 saturated heterocycles. The van der Waals surface area contributed by atoms with Crippen LogP contribution < -0.4 is 5.32 Å². The number of aromatic nitrogens is 2. The van der Waals surface area contributed by atoms with Crippen molar-refractivity contribution in [2.45, 2.75) is 26.3 Å². The molecule has 0 bridgehead atoms. The summed E-state index contributed by atoms with van der Waals surface area (Å²) in [5.41, 5.74) is 3.79. The first-order valence-electron chi connectivity index (χ1n) is 5.98. The van der Waals surface area contributed by atoms with Gasteiger partial charge in [-0.3, -0.25) is 4.68 Å². The van der Waals surface area contributed by atoms with Crippen molar-refractivity contribution in [1.29, 1.82) is 0 Å². The normalized spacial score (nSPS) is 10.8. The van der Waals surface area contributed by atoms with Crippen LogP contribution in [0.5, 0.6) is 0 Å². The summed E-state index contributed by atoms with van der Waals surface area (Å²) < 4.78 is 1.97. The van der Waals surface area contributed by atoms with E-state index in [0.29, 0.717) is 5.92 Å². The number of hydrogen-bond donors (Lipinski definition) is 1. The van der Waals surface area contributed by atoms with Gasteiger partial charge in [0.15, 0.2) is 0 Å². The Bertz CT molecular complexity index is 486. The molecule has 0 saturated carbocycles. The highest BCUT2D eigenvalue weighted by Crippen LogP contribution is 2.20. The molecule has 1 heterocycles. The zero-order chi connectivity index (χ0) is 12.3. The summed E-state index contributed by atoms with van der Waals surface area (Å²) >= 11 is 0. The van der Waals surface area contributed by atoms with Gasteiger partial charge in [0.25, 0.3) is 0 Å². The highest BCUT2D eigenvalue weighted by Gasteiger charge is 2.06. The van der Waals surface area contributed by atoms with Crippen LogP contribution in [0.2, 0.25) is 0 Å². The Balaban J connectivity index is 2.23. The molecule has 2 rings (SSSR count). The van der Waals surface area contributed by atoms with E-state index < -0.39 is 0 Å². The largest absolute Gasteiger partial charge is 0.386 e. The Morgan fingerprint density at radius 1 is 1.29 bits per heavy atom. The minimum absolute atomic E-state index is 0.547.